The monoisotopic (exact) mass is 279 g/mol. The van der Waals surface area contributed by atoms with Gasteiger partial charge in [-0.1, -0.05) is 24.6 Å². The van der Waals surface area contributed by atoms with Gasteiger partial charge in [0.15, 0.2) is 0 Å². The molecule has 0 saturated carbocycles. The molecule has 0 spiro atoms. The van der Waals surface area contributed by atoms with E-state index in [-0.39, 0.29) is 6.04 Å². The number of hydrogen-bond donors (Lipinski definition) is 1. The van der Waals surface area contributed by atoms with Crippen molar-refractivity contribution in [2.45, 2.75) is 39.3 Å². The number of halogens is 1. The maximum absolute atomic E-state index is 9.60. The highest BCUT2D eigenvalue weighted by Crippen LogP contribution is 2.26. The number of hydrogen-bond acceptors (Lipinski definition) is 3. The quantitative estimate of drug-likeness (QED) is 0.690. The van der Waals surface area contributed by atoms with Crippen molar-refractivity contribution < 1.29 is 5.11 Å². The molecule has 2 rings (SSSR count). The first-order chi connectivity index (χ1) is 9.04. The van der Waals surface area contributed by atoms with Crippen molar-refractivity contribution in [1.82, 2.24) is 14.5 Å². The molecule has 0 saturated heterocycles. The Bertz CT molecular complexity index is 604. The lowest BCUT2D eigenvalue weighted by Crippen LogP contribution is -2.09. The first kappa shape index (κ1) is 14.0. The molecule has 0 aromatic carbocycles. The van der Waals surface area contributed by atoms with E-state index in [1.807, 2.05) is 19.2 Å². The standard InChI is InChI=1S/C14H18ClN3O/c1-4-11(7-9(2)10(3)19)18-6-5-12-13(15)16-8-17-14(12)18/h5-8,10-11,19H,4H2,1-3H3/b9-7+. The van der Waals surface area contributed by atoms with E-state index in [0.717, 1.165) is 23.0 Å². The predicted octanol–water partition coefficient (Wildman–Crippen LogP) is 3.36. The van der Waals surface area contributed by atoms with Gasteiger partial charge in [0.05, 0.1) is 17.5 Å². The third-order valence-corrected chi connectivity index (χ3v) is 3.65. The minimum Gasteiger partial charge on any atom is -0.389 e. The first-order valence-electron chi connectivity index (χ1n) is 6.38. The molecule has 19 heavy (non-hydrogen) atoms. The zero-order chi connectivity index (χ0) is 14.0. The van der Waals surface area contributed by atoms with Crippen LogP contribution in [0.1, 0.15) is 33.2 Å². The van der Waals surface area contributed by atoms with Crippen molar-refractivity contribution in [3.05, 3.63) is 35.4 Å². The summed E-state index contributed by atoms with van der Waals surface area (Å²) in [6, 6.07) is 2.07. The second-order valence-electron chi connectivity index (χ2n) is 4.69. The van der Waals surface area contributed by atoms with Gasteiger partial charge in [0, 0.05) is 6.20 Å². The molecule has 0 aliphatic carbocycles. The topological polar surface area (TPSA) is 50.9 Å². The highest BCUT2D eigenvalue weighted by molar-refractivity contribution is 6.33. The molecule has 2 aromatic heterocycles. The van der Waals surface area contributed by atoms with Crippen molar-refractivity contribution in [1.29, 1.82) is 0 Å². The molecule has 102 valence electrons. The molecule has 0 radical (unpaired) electrons. The lowest BCUT2D eigenvalue weighted by molar-refractivity contribution is 0.230. The van der Waals surface area contributed by atoms with E-state index in [9.17, 15) is 5.11 Å². The van der Waals surface area contributed by atoms with Crippen LogP contribution in [-0.4, -0.2) is 25.7 Å². The van der Waals surface area contributed by atoms with Gasteiger partial charge >= 0.3 is 0 Å². The molecule has 5 heteroatoms. The molecular formula is C14H18ClN3O. The van der Waals surface area contributed by atoms with E-state index in [2.05, 4.69) is 27.5 Å². The molecule has 2 aromatic rings. The molecule has 0 fully saturated rings. The normalized spacial score (nSPS) is 15.7. The van der Waals surface area contributed by atoms with Crippen LogP contribution in [-0.2, 0) is 0 Å². The smallest absolute Gasteiger partial charge is 0.145 e. The highest BCUT2D eigenvalue weighted by Gasteiger charge is 2.13. The molecule has 0 aliphatic heterocycles. The number of allylic oxidation sites excluding steroid dienone is 1. The summed E-state index contributed by atoms with van der Waals surface area (Å²) in [7, 11) is 0. The van der Waals surface area contributed by atoms with Gasteiger partial charge in [0.1, 0.15) is 17.1 Å². The van der Waals surface area contributed by atoms with Crippen LogP contribution in [0.15, 0.2) is 30.2 Å². The number of nitrogens with zero attached hydrogens (tertiary/aromatic N) is 3. The Labute approximate surface area is 117 Å². The van der Waals surface area contributed by atoms with Crippen LogP contribution in [0.3, 0.4) is 0 Å². The summed E-state index contributed by atoms with van der Waals surface area (Å²) in [4.78, 5) is 8.28. The zero-order valence-corrected chi connectivity index (χ0v) is 12.1. The number of aliphatic hydroxyl groups excluding tert-OH is 1. The molecule has 0 amide bonds. The maximum Gasteiger partial charge on any atom is 0.145 e. The van der Waals surface area contributed by atoms with Gasteiger partial charge in [0.25, 0.3) is 0 Å². The fourth-order valence-electron chi connectivity index (χ4n) is 2.05. The van der Waals surface area contributed by atoms with Crippen molar-refractivity contribution in [3.8, 4) is 0 Å². The molecular weight excluding hydrogens is 262 g/mol. The van der Waals surface area contributed by atoms with E-state index in [1.165, 1.54) is 6.33 Å². The Hall–Kier alpha value is -1.39. The summed E-state index contributed by atoms with van der Waals surface area (Å²) in [6.45, 7) is 5.80. The fourth-order valence-corrected chi connectivity index (χ4v) is 2.24. The van der Waals surface area contributed by atoms with Gasteiger partial charge < -0.3 is 9.67 Å². The Morgan fingerprint density at radius 2 is 2.26 bits per heavy atom. The summed E-state index contributed by atoms with van der Waals surface area (Å²) < 4.78 is 2.06. The molecule has 2 heterocycles. The van der Waals surface area contributed by atoms with Crippen molar-refractivity contribution in [2.24, 2.45) is 0 Å². The minimum atomic E-state index is -0.436. The van der Waals surface area contributed by atoms with Crippen LogP contribution < -0.4 is 0 Å². The van der Waals surface area contributed by atoms with E-state index in [0.29, 0.717) is 5.15 Å². The summed E-state index contributed by atoms with van der Waals surface area (Å²) in [6.07, 6.45) is 5.98. The minimum absolute atomic E-state index is 0.151. The van der Waals surface area contributed by atoms with Crippen LogP contribution in [0.25, 0.3) is 11.0 Å². The van der Waals surface area contributed by atoms with Gasteiger partial charge in [-0.15, -0.1) is 0 Å². The van der Waals surface area contributed by atoms with Gasteiger partial charge in [-0.05, 0) is 31.9 Å². The fraction of sp³-hybridized carbons (Fsp3) is 0.429. The molecule has 2 unspecified atom stereocenters. The van der Waals surface area contributed by atoms with Crippen LogP contribution in [0, 0.1) is 0 Å². The van der Waals surface area contributed by atoms with Gasteiger partial charge in [0.2, 0.25) is 0 Å². The van der Waals surface area contributed by atoms with Crippen LogP contribution in [0.4, 0.5) is 0 Å². The number of aliphatic hydroxyl groups is 1. The Morgan fingerprint density at radius 1 is 1.53 bits per heavy atom. The molecule has 0 aliphatic rings. The van der Waals surface area contributed by atoms with Crippen molar-refractivity contribution in [2.75, 3.05) is 0 Å². The van der Waals surface area contributed by atoms with Gasteiger partial charge in [-0.2, -0.15) is 0 Å². The van der Waals surface area contributed by atoms with Crippen molar-refractivity contribution in [3.63, 3.8) is 0 Å². The zero-order valence-electron chi connectivity index (χ0n) is 11.3. The molecule has 4 nitrogen and oxygen atoms in total. The molecule has 0 bridgehead atoms. The summed E-state index contributed by atoms with van der Waals surface area (Å²) in [5.74, 6) is 0. The average Bonchev–Trinajstić information content (AvgIpc) is 2.80. The number of rotatable bonds is 4. The lowest BCUT2D eigenvalue weighted by atomic mass is 10.1. The predicted molar refractivity (Wildman–Crippen MR) is 77.3 cm³/mol. The average molecular weight is 280 g/mol. The van der Waals surface area contributed by atoms with E-state index >= 15 is 0 Å². The Balaban J connectivity index is 2.47. The summed E-state index contributed by atoms with van der Waals surface area (Å²) in [5.41, 5.74) is 1.77. The van der Waals surface area contributed by atoms with E-state index < -0.39 is 6.10 Å². The third kappa shape index (κ3) is 2.80. The summed E-state index contributed by atoms with van der Waals surface area (Å²) in [5, 5.41) is 10.9. The maximum atomic E-state index is 9.60. The first-order valence-corrected chi connectivity index (χ1v) is 6.75. The second-order valence-corrected chi connectivity index (χ2v) is 5.05. The Morgan fingerprint density at radius 3 is 2.89 bits per heavy atom. The van der Waals surface area contributed by atoms with Crippen LogP contribution >= 0.6 is 11.6 Å². The van der Waals surface area contributed by atoms with Crippen LogP contribution in [0.2, 0.25) is 5.15 Å². The summed E-state index contributed by atoms with van der Waals surface area (Å²) >= 11 is 6.05. The van der Waals surface area contributed by atoms with Crippen LogP contribution in [0.5, 0.6) is 0 Å². The van der Waals surface area contributed by atoms with Crippen molar-refractivity contribution >= 4 is 22.6 Å². The van der Waals surface area contributed by atoms with E-state index in [4.69, 9.17) is 11.6 Å². The number of aromatic nitrogens is 3. The molecule has 2 atom stereocenters. The van der Waals surface area contributed by atoms with Gasteiger partial charge in [-0.25, -0.2) is 9.97 Å². The third-order valence-electron chi connectivity index (χ3n) is 3.35. The number of fused-ring (bicyclic) bond motifs is 1. The highest BCUT2D eigenvalue weighted by atomic mass is 35.5. The largest absolute Gasteiger partial charge is 0.389 e. The lowest BCUT2D eigenvalue weighted by Gasteiger charge is -2.16. The van der Waals surface area contributed by atoms with Gasteiger partial charge in [-0.3, -0.25) is 0 Å². The Kier molecular flexibility index (Phi) is 4.22. The van der Waals surface area contributed by atoms with E-state index in [1.54, 1.807) is 6.92 Å². The molecule has 1 N–H and O–H groups in total. The second kappa shape index (κ2) is 5.72. The SMILES string of the molecule is CCC(/C=C(\C)C(C)O)n1ccc2c(Cl)ncnc21.